The molecule has 2 aromatic rings. The van der Waals surface area contributed by atoms with Gasteiger partial charge in [0.25, 0.3) is 0 Å². The summed E-state index contributed by atoms with van der Waals surface area (Å²) in [5, 5.41) is 25.9. The maximum absolute atomic E-state index is 13.2. The van der Waals surface area contributed by atoms with Crippen molar-refractivity contribution < 1.29 is 48.3 Å². The van der Waals surface area contributed by atoms with Gasteiger partial charge < -0.3 is 34.5 Å². The zero-order valence-electron chi connectivity index (χ0n) is 28.1. The summed E-state index contributed by atoms with van der Waals surface area (Å²) < 4.78 is 22.0. The molecule has 0 aliphatic rings. The molecule has 0 aliphatic heterocycles. The van der Waals surface area contributed by atoms with Crippen molar-refractivity contribution in [2.45, 2.75) is 97.7 Å². The maximum Gasteiger partial charge on any atom is 0.408 e. The van der Waals surface area contributed by atoms with E-state index in [0.29, 0.717) is 12.0 Å². The fraction of sp³-hybridized carbons (Fsp3) is 0.543. The Labute approximate surface area is 271 Å². The van der Waals surface area contributed by atoms with Gasteiger partial charge in [-0.1, -0.05) is 76.2 Å². The normalized spacial score (nSPS) is 15.7. The van der Waals surface area contributed by atoms with Crippen LogP contribution in [-0.4, -0.2) is 70.8 Å². The number of esters is 3. The van der Waals surface area contributed by atoms with Crippen LogP contribution in [0.15, 0.2) is 60.7 Å². The van der Waals surface area contributed by atoms with Crippen molar-refractivity contribution in [1.82, 2.24) is 5.32 Å². The van der Waals surface area contributed by atoms with E-state index >= 15 is 0 Å². The van der Waals surface area contributed by atoms with Crippen LogP contribution < -0.4 is 5.32 Å². The third-order valence-corrected chi connectivity index (χ3v) is 7.58. The summed E-state index contributed by atoms with van der Waals surface area (Å²) in [6.45, 7) is 12.9. The molecule has 5 atom stereocenters. The van der Waals surface area contributed by atoms with Crippen LogP contribution in [-0.2, 0) is 28.5 Å². The molecule has 254 valence electrons. The van der Waals surface area contributed by atoms with Crippen LogP contribution in [0.25, 0.3) is 0 Å². The lowest BCUT2D eigenvalue weighted by atomic mass is 9.67. The number of hydrogen-bond acceptors (Lipinski definition) is 10. The number of amides is 1. The van der Waals surface area contributed by atoms with Crippen molar-refractivity contribution >= 4 is 24.0 Å². The molecule has 0 fully saturated rings. The minimum atomic E-state index is -1.82. The van der Waals surface area contributed by atoms with Gasteiger partial charge in [-0.2, -0.15) is 0 Å². The van der Waals surface area contributed by atoms with E-state index in [0.717, 1.165) is 0 Å². The summed E-state index contributed by atoms with van der Waals surface area (Å²) in [5.41, 5.74) is -2.84. The summed E-state index contributed by atoms with van der Waals surface area (Å²) in [6, 6.07) is 15.5. The third kappa shape index (κ3) is 11.1. The molecule has 11 nitrogen and oxygen atoms in total. The average molecular weight is 644 g/mol. The lowest BCUT2D eigenvalue weighted by Crippen LogP contribution is -2.58. The summed E-state index contributed by atoms with van der Waals surface area (Å²) in [4.78, 5) is 50.7. The number of aliphatic hydroxyl groups is 2. The molecule has 0 spiro atoms. The van der Waals surface area contributed by atoms with Crippen LogP contribution in [0.1, 0.15) is 90.2 Å². The third-order valence-electron chi connectivity index (χ3n) is 7.58. The summed E-state index contributed by atoms with van der Waals surface area (Å²) in [7, 11) is 0. The first-order chi connectivity index (χ1) is 21.4. The van der Waals surface area contributed by atoms with Crippen molar-refractivity contribution in [3.8, 4) is 0 Å². The fourth-order valence-electron chi connectivity index (χ4n) is 4.90. The Bertz CT molecular complexity index is 1290. The quantitative estimate of drug-likeness (QED) is 0.186. The number of benzene rings is 2. The fourth-order valence-corrected chi connectivity index (χ4v) is 4.90. The molecule has 11 heteroatoms. The Kier molecular flexibility index (Phi) is 13.8. The second-order valence-electron chi connectivity index (χ2n) is 13.2. The van der Waals surface area contributed by atoms with Crippen LogP contribution in [0.3, 0.4) is 0 Å². The van der Waals surface area contributed by atoms with E-state index < -0.39 is 64.8 Å². The minimum Gasteiger partial charge on any atom is -0.465 e. The highest BCUT2D eigenvalue weighted by atomic mass is 16.6. The second kappa shape index (κ2) is 16.6. The van der Waals surface area contributed by atoms with Crippen molar-refractivity contribution in [2.75, 3.05) is 13.2 Å². The molecule has 0 aliphatic carbocycles. The smallest absolute Gasteiger partial charge is 0.408 e. The molecular weight excluding hydrogens is 594 g/mol. The summed E-state index contributed by atoms with van der Waals surface area (Å²) in [6.07, 6.45) is -3.66. The zero-order chi connectivity index (χ0) is 34.7. The van der Waals surface area contributed by atoms with Gasteiger partial charge in [0.2, 0.25) is 0 Å². The molecule has 46 heavy (non-hydrogen) atoms. The van der Waals surface area contributed by atoms with E-state index in [4.69, 9.17) is 18.9 Å². The van der Waals surface area contributed by atoms with Gasteiger partial charge in [0.15, 0.2) is 6.10 Å². The molecule has 2 rings (SSSR count). The molecule has 0 bridgehead atoms. The molecule has 0 unspecified atom stereocenters. The first kappa shape index (κ1) is 38.2. The highest BCUT2D eigenvalue weighted by Crippen LogP contribution is 2.41. The topological polar surface area (TPSA) is 158 Å². The van der Waals surface area contributed by atoms with Crippen LogP contribution in [0.5, 0.6) is 0 Å². The molecule has 0 radical (unpaired) electrons. The van der Waals surface area contributed by atoms with Crippen molar-refractivity contribution in [3.63, 3.8) is 0 Å². The largest absolute Gasteiger partial charge is 0.465 e. The highest BCUT2D eigenvalue weighted by molar-refractivity contribution is 5.89. The van der Waals surface area contributed by atoms with Crippen molar-refractivity contribution in [2.24, 2.45) is 11.3 Å². The predicted molar refractivity (Wildman–Crippen MR) is 171 cm³/mol. The van der Waals surface area contributed by atoms with E-state index in [1.54, 1.807) is 102 Å². The van der Waals surface area contributed by atoms with Crippen LogP contribution in [0.2, 0.25) is 0 Å². The molecule has 1 amide bonds. The second-order valence-corrected chi connectivity index (χ2v) is 13.2. The van der Waals surface area contributed by atoms with Gasteiger partial charge in [-0.3, -0.25) is 4.79 Å². The van der Waals surface area contributed by atoms with Gasteiger partial charge in [-0.15, -0.1) is 0 Å². The molecule has 0 saturated heterocycles. The summed E-state index contributed by atoms with van der Waals surface area (Å²) >= 11 is 0. The van der Waals surface area contributed by atoms with Gasteiger partial charge in [-0.05, 0) is 50.3 Å². The number of rotatable bonds is 14. The first-order valence-electron chi connectivity index (χ1n) is 15.4. The monoisotopic (exact) mass is 643 g/mol. The Balaban J connectivity index is 2.33. The van der Waals surface area contributed by atoms with Gasteiger partial charge >= 0.3 is 24.0 Å². The highest BCUT2D eigenvalue weighted by Gasteiger charge is 2.52. The number of carbonyl (C=O) groups is 4. The lowest BCUT2D eigenvalue weighted by Gasteiger charge is -2.47. The zero-order valence-corrected chi connectivity index (χ0v) is 28.1. The van der Waals surface area contributed by atoms with E-state index in [2.05, 4.69) is 5.32 Å². The predicted octanol–water partition coefficient (Wildman–Crippen LogP) is 5.14. The Hall–Kier alpha value is -3.96. The molecule has 0 saturated carbocycles. The molecular formula is C35H49NO10. The number of ether oxygens (including phenoxy) is 4. The van der Waals surface area contributed by atoms with Crippen molar-refractivity contribution in [1.29, 1.82) is 0 Å². The average Bonchev–Trinajstić information content (AvgIpc) is 2.98. The molecule has 3 N–H and O–H groups in total. The van der Waals surface area contributed by atoms with Crippen molar-refractivity contribution in [3.05, 3.63) is 71.8 Å². The standard InChI is InChI=1S/C35H49NO10/c1-9-24(22-44-23(2)37)29(45-30(39)26-18-14-11-15-19-26)35(42,33(3,4)5)20-21-43-31(40)28(38)27(25-16-12-10-13-17-25)36-32(41)46-34(6,7)8/h10-19,24,27-29,38,42H,9,20-22H2,1-8H3,(H,36,41)/t24-,27-,28+,29-,35+/m0/s1. The number of nitrogens with one attached hydrogen (secondary N) is 1. The molecule has 0 aromatic heterocycles. The Morgan fingerprint density at radius 3 is 1.93 bits per heavy atom. The number of aliphatic hydroxyl groups excluding tert-OH is 1. The van der Waals surface area contributed by atoms with E-state index in [-0.39, 0.29) is 25.2 Å². The number of alkyl carbamates (subject to hydrolysis) is 1. The number of carbonyl (C=O) groups excluding carboxylic acids is 4. The molecule has 0 heterocycles. The van der Waals surface area contributed by atoms with Gasteiger partial charge in [0.05, 0.1) is 24.8 Å². The van der Waals surface area contributed by atoms with E-state index in [1.807, 2.05) is 6.92 Å². The minimum absolute atomic E-state index is 0.120. The van der Waals surface area contributed by atoms with Crippen LogP contribution >= 0.6 is 0 Å². The maximum atomic E-state index is 13.2. The SMILES string of the molecule is CC[C@@H](COC(C)=O)[C@H](OC(=O)c1ccccc1)[C@](O)(CCOC(=O)[C@H](O)[C@@H](NC(=O)OC(C)(C)C)c1ccccc1)C(C)(C)C. The lowest BCUT2D eigenvalue weighted by molar-refractivity contribution is -0.186. The Morgan fingerprint density at radius 1 is 0.870 bits per heavy atom. The number of hydrogen-bond donors (Lipinski definition) is 3. The summed E-state index contributed by atoms with van der Waals surface area (Å²) in [5.74, 6) is -2.86. The van der Waals surface area contributed by atoms with Gasteiger partial charge in [-0.25, -0.2) is 14.4 Å². The Morgan fingerprint density at radius 2 is 1.43 bits per heavy atom. The van der Waals surface area contributed by atoms with Crippen LogP contribution in [0, 0.1) is 11.3 Å². The van der Waals surface area contributed by atoms with Gasteiger partial charge in [0, 0.05) is 19.3 Å². The molecule has 2 aromatic carbocycles. The van der Waals surface area contributed by atoms with Gasteiger partial charge in [0.1, 0.15) is 17.3 Å². The van der Waals surface area contributed by atoms with Crippen LogP contribution in [0.4, 0.5) is 4.79 Å². The van der Waals surface area contributed by atoms with E-state index in [9.17, 15) is 29.4 Å². The first-order valence-corrected chi connectivity index (χ1v) is 15.4. The van der Waals surface area contributed by atoms with E-state index in [1.165, 1.54) is 6.92 Å².